The molecule has 1 aromatic carbocycles. The van der Waals surface area contributed by atoms with Gasteiger partial charge in [-0.15, -0.1) is 11.3 Å². The zero-order chi connectivity index (χ0) is 16.5. The highest BCUT2D eigenvalue weighted by atomic mass is 32.2. The maximum Gasteiger partial charge on any atom is 0.275 e. The Kier molecular flexibility index (Phi) is 4.78. The van der Waals surface area contributed by atoms with Gasteiger partial charge in [-0.25, -0.2) is 18.1 Å². The molecule has 0 fully saturated rings. The average Bonchev–Trinajstić information content (AvgIpc) is 2.78. The lowest BCUT2D eigenvalue weighted by atomic mass is 10.2. The van der Waals surface area contributed by atoms with Crippen molar-refractivity contribution in [2.75, 3.05) is 6.26 Å². The molecule has 1 heterocycles. The third-order valence-electron chi connectivity index (χ3n) is 2.78. The maximum atomic E-state index is 12.2. The van der Waals surface area contributed by atoms with Crippen molar-refractivity contribution in [3.63, 3.8) is 0 Å². The number of sulfonamides is 1. The SMILES string of the molecule is Cc1nc(C)c(S(=O)(=O)NC(=O)c2ccc([S@@](C)=O)cc2)s1. The highest BCUT2D eigenvalue weighted by Gasteiger charge is 2.23. The van der Waals surface area contributed by atoms with Gasteiger partial charge < -0.3 is 0 Å². The van der Waals surface area contributed by atoms with E-state index >= 15 is 0 Å². The van der Waals surface area contributed by atoms with E-state index in [0.29, 0.717) is 15.6 Å². The van der Waals surface area contributed by atoms with Crippen LogP contribution in [0.4, 0.5) is 0 Å². The first-order chi connectivity index (χ1) is 10.2. The average molecular weight is 358 g/mol. The molecule has 22 heavy (non-hydrogen) atoms. The van der Waals surface area contributed by atoms with Crippen molar-refractivity contribution in [1.29, 1.82) is 0 Å². The van der Waals surface area contributed by atoms with E-state index in [4.69, 9.17) is 0 Å². The van der Waals surface area contributed by atoms with Crippen molar-refractivity contribution < 1.29 is 17.4 Å². The molecule has 0 bridgehead atoms. The van der Waals surface area contributed by atoms with Gasteiger partial charge in [-0.2, -0.15) is 0 Å². The molecule has 118 valence electrons. The Labute approximate surface area is 135 Å². The van der Waals surface area contributed by atoms with Crippen LogP contribution < -0.4 is 4.72 Å². The number of nitrogens with zero attached hydrogens (tertiary/aromatic N) is 1. The quantitative estimate of drug-likeness (QED) is 0.896. The summed E-state index contributed by atoms with van der Waals surface area (Å²) >= 11 is 1.01. The molecule has 6 nitrogen and oxygen atoms in total. The standard InChI is InChI=1S/C13H14N2O4S3/c1-8-13(20-9(2)14-8)22(18,19)15-12(16)10-4-6-11(7-5-10)21(3)17/h4-7H,1-3H3,(H,15,16)/t21-/m1/s1. The second kappa shape index (κ2) is 6.27. The molecule has 0 unspecified atom stereocenters. The van der Waals surface area contributed by atoms with Gasteiger partial charge in [-0.1, -0.05) is 0 Å². The molecule has 0 radical (unpaired) electrons. The summed E-state index contributed by atoms with van der Waals surface area (Å²) in [6.45, 7) is 3.27. The third-order valence-corrected chi connectivity index (χ3v) is 6.73. The fourth-order valence-corrected chi connectivity index (χ4v) is 4.77. The lowest BCUT2D eigenvalue weighted by molar-refractivity contribution is 0.0981. The summed E-state index contributed by atoms with van der Waals surface area (Å²) in [5, 5.41) is 0.611. The predicted molar refractivity (Wildman–Crippen MR) is 85.0 cm³/mol. The zero-order valence-corrected chi connectivity index (χ0v) is 14.6. The smallest absolute Gasteiger partial charge is 0.268 e. The van der Waals surface area contributed by atoms with E-state index < -0.39 is 26.7 Å². The van der Waals surface area contributed by atoms with E-state index in [-0.39, 0.29) is 9.77 Å². The van der Waals surface area contributed by atoms with Gasteiger partial charge in [0.15, 0.2) is 4.21 Å². The Hall–Kier alpha value is -1.58. The van der Waals surface area contributed by atoms with Crippen LogP contribution >= 0.6 is 11.3 Å². The first-order valence-electron chi connectivity index (χ1n) is 6.15. The van der Waals surface area contributed by atoms with Gasteiger partial charge in [0.1, 0.15) is 0 Å². The van der Waals surface area contributed by atoms with E-state index in [2.05, 4.69) is 4.98 Å². The molecular formula is C13H14N2O4S3. The van der Waals surface area contributed by atoms with Crippen LogP contribution in [0.3, 0.4) is 0 Å². The van der Waals surface area contributed by atoms with E-state index in [9.17, 15) is 17.4 Å². The highest BCUT2D eigenvalue weighted by molar-refractivity contribution is 7.92. The Morgan fingerprint density at radius 2 is 1.82 bits per heavy atom. The van der Waals surface area contributed by atoms with Crippen molar-refractivity contribution in [3.05, 3.63) is 40.5 Å². The van der Waals surface area contributed by atoms with E-state index in [0.717, 1.165) is 11.3 Å². The minimum Gasteiger partial charge on any atom is -0.268 e. The Bertz CT molecular complexity index is 839. The molecule has 0 aliphatic heterocycles. The summed E-state index contributed by atoms with van der Waals surface area (Å²) in [6, 6.07) is 5.93. The topological polar surface area (TPSA) is 93.2 Å². The van der Waals surface area contributed by atoms with Crippen LogP contribution in [-0.2, 0) is 20.8 Å². The minimum atomic E-state index is -3.95. The molecule has 1 aromatic heterocycles. The summed E-state index contributed by atoms with van der Waals surface area (Å²) in [7, 11) is -5.10. The summed E-state index contributed by atoms with van der Waals surface area (Å²) in [4.78, 5) is 16.7. The van der Waals surface area contributed by atoms with Gasteiger partial charge in [0.25, 0.3) is 15.9 Å². The summed E-state index contributed by atoms with van der Waals surface area (Å²) in [5.41, 5.74) is 0.538. The second-order valence-electron chi connectivity index (χ2n) is 4.52. The molecule has 0 saturated carbocycles. The number of hydrogen-bond donors (Lipinski definition) is 1. The number of carbonyl (C=O) groups is 1. The number of rotatable bonds is 4. The highest BCUT2D eigenvalue weighted by Crippen LogP contribution is 2.22. The normalized spacial score (nSPS) is 12.9. The first-order valence-corrected chi connectivity index (χ1v) is 10.0. The van der Waals surface area contributed by atoms with Gasteiger partial charge in [0.05, 0.1) is 10.7 Å². The van der Waals surface area contributed by atoms with Gasteiger partial charge in [-0.05, 0) is 38.1 Å². The molecule has 0 aliphatic carbocycles. The van der Waals surface area contributed by atoms with Crippen LogP contribution in [0, 0.1) is 13.8 Å². The maximum absolute atomic E-state index is 12.2. The number of benzene rings is 1. The molecule has 2 aromatic rings. The van der Waals surface area contributed by atoms with Gasteiger partial charge in [0, 0.05) is 27.5 Å². The lowest BCUT2D eigenvalue weighted by Gasteiger charge is -2.06. The van der Waals surface area contributed by atoms with Crippen LogP contribution in [0.1, 0.15) is 21.1 Å². The summed E-state index contributed by atoms with van der Waals surface area (Å²) in [5.74, 6) is -0.737. The molecule has 0 saturated heterocycles. The zero-order valence-electron chi connectivity index (χ0n) is 12.1. The van der Waals surface area contributed by atoms with E-state index in [1.807, 2.05) is 4.72 Å². The number of aromatic nitrogens is 1. The fourth-order valence-electron chi connectivity index (χ4n) is 1.79. The Morgan fingerprint density at radius 1 is 1.23 bits per heavy atom. The molecule has 2 rings (SSSR count). The van der Waals surface area contributed by atoms with E-state index in [1.165, 1.54) is 30.5 Å². The molecule has 0 aliphatic rings. The largest absolute Gasteiger partial charge is 0.275 e. The number of nitrogens with one attached hydrogen (secondary N) is 1. The Balaban J connectivity index is 2.24. The van der Waals surface area contributed by atoms with Gasteiger partial charge >= 0.3 is 0 Å². The van der Waals surface area contributed by atoms with Crippen molar-refractivity contribution in [3.8, 4) is 0 Å². The lowest BCUT2D eigenvalue weighted by Crippen LogP contribution is -2.30. The van der Waals surface area contributed by atoms with Gasteiger partial charge in [0.2, 0.25) is 0 Å². The minimum absolute atomic E-state index is 0.0321. The number of amides is 1. The van der Waals surface area contributed by atoms with Crippen LogP contribution in [0.5, 0.6) is 0 Å². The molecule has 1 N–H and O–H groups in total. The van der Waals surface area contributed by atoms with Gasteiger partial charge in [-0.3, -0.25) is 9.00 Å². The predicted octanol–water partition coefficient (Wildman–Crippen LogP) is 1.62. The first kappa shape index (κ1) is 16.8. The van der Waals surface area contributed by atoms with Crippen LogP contribution in [0.25, 0.3) is 0 Å². The molecular weight excluding hydrogens is 344 g/mol. The molecule has 9 heteroatoms. The second-order valence-corrected chi connectivity index (χ2v) is 8.98. The fraction of sp³-hybridized carbons (Fsp3) is 0.231. The van der Waals surface area contributed by atoms with Crippen LogP contribution in [0.2, 0.25) is 0 Å². The molecule has 0 spiro atoms. The molecule has 1 atom stereocenters. The molecule has 1 amide bonds. The van der Waals surface area contributed by atoms with Crippen molar-refractivity contribution in [2.24, 2.45) is 0 Å². The van der Waals surface area contributed by atoms with Crippen LogP contribution in [-0.4, -0.2) is 29.8 Å². The summed E-state index contributed by atoms with van der Waals surface area (Å²) < 4.78 is 37.8. The number of carbonyl (C=O) groups excluding carboxylic acids is 1. The Morgan fingerprint density at radius 3 is 2.27 bits per heavy atom. The number of thiazole rings is 1. The van der Waals surface area contributed by atoms with Crippen molar-refractivity contribution in [1.82, 2.24) is 9.71 Å². The van der Waals surface area contributed by atoms with Crippen molar-refractivity contribution >= 4 is 38.1 Å². The third kappa shape index (κ3) is 3.60. The monoisotopic (exact) mass is 358 g/mol. The number of aryl methyl sites for hydroxylation is 2. The van der Waals surface area contributed by atoms with Crippen molar-refractivity contribution in [2.45, 2.75) is 23.0 Å². The van der Waals surface area contributed by atoms with E-state index in [1.54, 1.807) is 13.8 Å². The summed E-state index contributed by atoms with van der Waals surface area (Å²) in [6.07, 6.45) is 1.52. The number of hydrogen-bond acceptors (Lipinski definition) is 6. The van der Waals surface area contributed by atoms with Crippen LogP contribution in [0.15, 0.2) is 33.4 Å².